The molecule has 0 saturated heterocycles. The molecule has 0 amide bonds. The van der Waals surface area contributed by atoms with E-state index < -0.39 is 0 Å². The van der Waals surface area contributed by atoms with Crippen LogP contribution in [0.25, 0.3) is 22.4 Å². The van der Waals surface area contributed by atoms with Crippen molar-refractivity contribution in [2.24, 2.45) is 0 Å². The average molecular weight is 391 g/mol. The lowest BCUT2D eigenvalue weighted by molar-refractivity contribution is 0.301. The summed E-state index contributed by atoms with van der Waals surface area (Å²) in [6, 6.07) is 22.4. The van der Waals surface area contributed by atoms with Crippen molar-refractivity contribution in [2.75, 3.05) is 6.61 Å². The largest absolute Gasteiger partial charge is 0.493 e. The Bertz CT molecular complexity index is 1120. The number of fused-ring (bicyclic) bond motifs is 1. The first-order chi connectivity index (χ1) is 13.6. The van der Waals surface area contributed by atoms with Crippen LogP contribution in [0.2, 0.25) is 5.02 Å². The molecule has 4 heteroatoms. The van der Waals surface area contributed by atoms with Crippen LogP contribution in [-0.2, 0) is 6.54 Å². The lowest BCUT2D eigenvalue weighted by Crippen LogP contribution is -2.06. The van der Waals surface area contributed by atoms with Crippen molar-refractivity contribution in [1.82, 2.24) is 9.55 Å². The van der Waals surface area contributed by atoms with Gasteiger partial charge in [0.2, 0.25) is 0 Å². The number of aryl methyl sites for hydroxylation is 3. The second-order valence-corrected chi connectivity index (χ2v) is 7.49. The van der Waals surface area contributed by atoms with Crippen LogP contribution in [0.3, 0.4) is 0 Å². The van der Waals surface area contributed by atoms with E-state index >= 15 is 0 Å². The number of imidazole rings is 1. The fourth-order valence-electron chi connectivity index (χ4n) is 3.42. The van der Waals surface area contributed by atoms with Crippen molar-refractivity contribution >= 4 is 22.6 Å². The van der Waals surface area contributed by atoms with E-state index in [4.69, 9.17) is 21.3 Å². The van der Waals surface area contributed by atoms with E-state index in [1.165, 1.54) is 11.1 Å². The quantitative estimate of drug-likeness (QED) is 0.354. The van der Waals surface area contributed by atoms with Gasteiger partial charge < -0.3 is 9.30 Å². The molecule has 0 fully saturated rings. The number of aromatic nitrogens is 2. The minimum absolute atomic E-state index is 0.659. The standard InChI is InChI=1S/C24H23ClN2O/c1-17-11-12-18(2)23(15-17)28-14-6-13-27-22-10-4-3-9-21(22)26-24(27)19-7-5-8-20(25)16-19/h3-5,7-12,15-16H,6,13-14H2,1-2H3. The highest BCUT2D eigenvalue weighted by Gasteiger charge is 2.12. The van der Waals surface area contributed by atoms with Gasteiger partial charge >= 0.3 is 0 Å². The fourth-order valence-corrected chi connectivity index (χ4v) is 3.61. The Morgan fingerprint density at radius 2 is 1.82 bits per heavy atom. The summed E-state index contributed by atoms with van der Waals surface area (Å²) in [4.78, 5) is 4.85. The van der Waals surface area contributed by atoms with E-state index in [9.17, 15) is 0 Å². The maximum absolute atomic E-state index is 6.21. The van der Waals surface area contributed by atoms with Crippen molar-refractivity contribution in [3.63, 3.8) is 0 Å². The predicted octanol–water partition coefficient (Wildman–Crippen LogP) is 6.44. The molecule has 0 unspecified atom stereocenters. The highest BCUT2D eigenvalue weighted by Crippen LogP contribution is 2.27. The van der Waals surface area contributed by atoms with E-state index in [0.717, 1.165) is 46.2 Å². The lowest BCUT2D eigenvalue weighted by atomic mass is 10.1. The number of hydrogen-bond donors (Lipinski definition) is 0. The molecule has 0 aliphatic carbocycles. The molecule has 3 aromatic carbocycles. The highest BCUT2D eigenvalue weighted by atomic mass is 35.5. The summed E-state index contributed by atoms with van der Waals surface area (Å²) in [5.74, 6) is 1.90. The number of nitrogens with zero attached hydrogens (tertiary/aromatic N) is 2. The third-order valence-corrected chi connectivity index (χ3v) is 5.10. The summed E-state index contributed by atoms with van der Waals surface area (Å²) >= 11 is 6.21. The molecule has 0 bridgehead atoms. The van der Waals surface area contributed by atoms with Gasteiger partial charge in [0.05, 0.1) is 17.6 Å². The van der Waals surface area contributed by atoms with Crippen LogP contribution < -0.4 is 4.74 Å². The van der Waals surface area contributed by atoms with Crippen molar-refractivity contribution in [2.45, 2.75) is 26.8 Å². The van der Waals surface area contributed by atoms with Crippen LogP contribution in [0, 0.1) is 13.8 Å². The summed E-state index contributed by atoms with van der Waals surface area (Å²) < 4.78 is 8.30. The second-order valence-electron chi connectivity index (χ2n) is 7.06. The predicted molar refractivity (Wildman–Crippen MR) is 116 cm³/mol. The van der Waals surface area contributed by atoms with Gasteiger partial charge in [0.25, 0.3) is 0 Å². The summed E-state index contributed by atoms with van der Waals surface area (Å²) in [6.07, 6.45) is 0.890. The van der Waals surface area contributed by atoms with Crippen LogP contribution in [0.4, 0.5) is 0 Å². The fraction of sp³-hybridized carbons (Fsp3) is 0.208. The number of halogens is 1. The van der Waals surface area contributed by atoms with Crippen LogP contribution in [-0.4, -0.2) is 16.2 Å². The first-order valence-electron chi connectivity index (χ1n) is 9.53. The van der Waals surface area contributed by atoms with Gasteiger partial charge in [0, 0.05) is 17.1 Å². The number of benzene rings is 3. The molecule has 3 nitrogen and oxygen atoms in total. The molecule has 0 spiro atoms. The Balaban J connectivity index is 1.56. The molecule has 0 saturated carbocycles. The Morgan fingerprint density at radius 1 is 0.964 bits per heavy atom. The van der Waals surface area contributed by atoms with Crippen molar-refractivity contribution < 1.29 is 4.74 Å². The average Bonchev–Trinajstić information content (AvgIpc) is 3.06. The minimum Gasteiger partial charge on any atom is -0.493 e. The molecule has 0 N–H and O–H groups in total. The molecule has 1 aromatic heterocycles. The van der Waals surface area contributed by atoms with Crippen molar-refractivity contribution in [3.05, 3.63) is 82.9 Å². The number of hydrogen-bond acceptors (Lipinski definition) is 2. The van der Waals surface area contributed by atoms with Gasteiger partial charge in [-0.05, 0) is 61.7 Å². The lowest BCUT2D eigenvalue weighted by Gasteiger charge is -2.12. The zero-order chi connectivity index (χ0) is 19.5. The zero-order valence-electron chi connectivity index (χ0n) is 16.2. The maximum Gasteiger partial charge on any atom is 0.141 e. The minimum atomic E-state index is 0.659. The molecule has 0 radical (unpaired) electrons. The van der Waals surface area contributed by atoms with Crippen molar-refractivity contribution in [1.29, 1.82) is 0 Å². The van der Waals surface area contributed by atoms with Crippen LogP contribution in [0.1, 0.15) is 17.5 Å². The van der Waals surface area contributed by atoms with Crippen molar-refractivity contribution in [3.8, 4) is 17.1 Å². The zero-order valence-corrected chi connectivity index (χ0v) is 16.9. The molecule has 0 atom stereocenters. The topological polar surface area (TPSA) is 27.1 Å². The molecule has 4 rings (SSSR count). The molecule has 28 heavy (non-hydrogen) atoms. The van der Waals surface area contributed by atoms with Crippen LogP contribution >= 0.6 is 11.6 Å². The first kappa shape index (κ1) is 18.6. The van der Waals surface area contributed by atoms with Gasteiger partial charge in [-0.1, -0.05) is 48.0 Å². The summed E-state index contributed by atoms with van der Waals surface area (Å²) in [7, 11) is 0. The molecular formula is C24H23ClN2O. The van der Waals surface area contributed by atoms with Gasteiger partial charge in [-0.3, -0.25) is 0 Å². The summed E-state index contributed by atoms with van der Waals surface area (Å²) in [5.41, 5.74) is 5.53. The Labute approximate surface area is 170 Å². The van der Waals surface area contributed by atoms with E-state index in [1.54, 1.807) is 0 Å². The second kappa shape index (κ2) is 8.07. The molecular weight excluding hydrogens is 368 g/mol. The number of para-hydroxylation sites is 2. The van der Waals surface area contributed by atoms with E-state index in [-0.39, 0.29) is 0 Å². The summed E-state index contributed by atoms with van der Waals surface area (Å²) in [5, 5.41) is 0.717. The Morgan fingerprint density at radius 3 is 2.68 bits per heavy atom. The molecule has 4 aromatic rings. The van der Waals surface area contributed by atoms with Crippen LogP contribution in [0.15, 0.2) is 66.7 Å². The first-order valence-corrected chi connectivity index (χ1v) is 9.91. The molecule has 142 valence electrons. The maximum atomic E-state index is 6.21. The summed E-state index contributed by atoms with van der Waals surface area (Å²) in [6.45, 7) is 5.65. The number of ether oxygens (including phenoxy) is 1. The Hall–Kier alpha value is -2.78. The smallest absolute Gasteiger partial charge is 0.141 e. The highest BCUT2D eigenvalue weighted by molar-refractivity contribution is 6.30. The normalized spacial score (nSPS) is 11.1. The monoisotopic (exact) mass is 390 g/mol. The third kappa shape index (κ3) is 3.90. The molecule has 0 aliphatic heterocycles. The van der Waals surface area contributed by atoms with Gasteiger partial charge in [0.15, 0.2) is 0 Å². The Kier molecular flexibility index (Phi) is 5.36. The molecule has 1 heterocycles. The van der Waals surface area contributed by atoms with Gasteiger partial charge in [-0.25, -0.2) is 4.98 Å². The van der Waals surface area contributed by atoms with Gasteiger partial charge in [-0.2, -0.15) is 0 Å². The third-order valence-electron chi connectivity index (χ3n) is 4.86. The van der Waals surface area contributed by atoms with E-state index in [0.29, 0.717) is 6.61 Å². The van der Waals surface area contributed by atoms with E-state index in [2.05, 4.69) is 54.8 Å². The SMILES string of the molecule is Cc1ccc(C)c(OCCCn2c(-c3cccc(Cl)c3)nc3ccccc32)c1. The van der Waals surface area contributed by atoms with E-state index in [1.807, 2.05) is 30.3 Å². The number of rotatable bonds is 6. The van der Waals surface area contributed by atoms with Gasteiger partial charge in [-0.15, -0.1) is 0 Å². The van der Waals surface area contributed by atoms with Crippen LogP contribution in [0.5, 0.6) is 5.75 Å². The molecule has 0 aliphatic rings. The van der Waals surface area contributed by atoms with Gasteiger partial charge in [0.1, 0.15) is 11.6 Å².